The van der Waals surface area contributed by atoms with Gasteiger partial charge in [0.25, 0.3) is 0 Å². The Morgan fingerprint density at radius 1 is 1.53 bits per heavy atom. The Hall–Kier alpha value is -1.62. The molecule has 15 heavy (non-hydrogen) atoms. The smallest absolute Gasteiger partial charge is 0.302 e. The second-order valence-corrected chi connectivity index (χ2v) is 3.17. The van der Waals surface area contributed by atoms with E-state index in [0.717, 1.165) is 0 Å². The van der Waals surface area contributed by atoms with Crippen molar-refractivity contribution in [1.82, 2.24) is 0 Å². The van der Waals surface area contributed by atoms with Crippen molar-refractivity contribution in [3.05, 3.63) is 32.8 Å². The second-order valence-electron chi connectivity index (χ2n) is 2.79. The van der Waals surface area contributed by atoms with Gasteiger partial charge < -0.3 is 4.74 Å². The first-order valence-corrected chi connectivity index (χ1v) is 4.38. The van der Waals surface area contributed by atoms with Crippen molar-refractivity contribution < 1.29 is 14.5 Å². The first kappa shape index (κ1) is 11.5. The van der Waals surface area contributed by atoms with Gasteiger partial charge in [-0.1, -0.05) is 11.6 Å². The normalized spacial score (nSPS) is 9.80. The molecular formula is C9H8ClNO4. The maximum absolute atomic E-state index is 11.1. The van der Waals surface area contributed by atoms with Crippen LogP contribution in [0.2, 0.25) is 5.02 Å². The average Bonchev–Trinajstić information content (AvgIpc) is 2.16. The Balaban J connectivity index is 3.51. The molecule has 0 fully saturated rings. The number of rotatable bonds is 3. The summed E-state index contributed by atoms with van der Waals surface area (Å²) < 4.78 is 4.82. The van der Waals surface area contributed by atoms with Crippen LogP contribution in [0.1, 0.15) is 17.3 Å². The summed E-state index contributed by atoms with van der Waals surface area (Å²) in [6.45, 7) is 1.24. The van der Waals surface area contributed by atoms with Gasteiger partial charge in [-0.25, -0.2) is 0 Å². The minimum Gasteiger partial charge on any atom is -0.495 e. The summed E-state index contributed by atoms with van der Waals surface area (Å²) in [5, 5.41) is 10.6. The van der Waals surface area contributed by atoms with Gasteiger partial charge >= 0.3 is 5.69 Å². The molecule has 0 saturated heterocycles. The van der Waals surface area contributed by atoms with E-state index in [1.54, 1.807) is 0 Å². The lowest BCUT2D eigenvalue weighted by atomic mass is 10.1. The van der Waals surface area contributed by atoms with Gasteiger partial charge in [0, 0.05) is 0 Å². The van der Waals surface area contributed by atoms with E-state index >= 15 is 0 Å². The molecule has 0 saturated carbocycles. The average molecular weight is 230 g/mol. The van der Waals surface area contributed by atoms with Crippen LogP contribution in [0.15, 0.2) is 12.1 Å². The highest BCUT2D eigenvalue weighted by Gasteiger charge is 2.24. The zero-order chi connectivity index (χ0) is 11.6. The van der Waals surface area contributed by atoms with Gasteiger partial charge in [-0.2, -0.15) is 0 Å². The van der Waals surface area contributed by atoms with E-state index in [0.29, 0.717) is 0 Å². The Bertz CT molecular complexity index is 430. The summed E-state index contributed by atoms with van der Waals surface area (Å²) >= 11 is 5.73. The summed E-state index contributed by atoms with van der Waals surface area (Å²) in [6, 6.07) is 2.75. The zero-order valence-corrected chi connectivity index (χ0v) is 8.87. The van der Waals surface area contributed by atoms with Crippen LogP contribution >= 0.6 is 11.6 Å². The molecule has 0 radical (unpaired) electrons. The minimum absolute atomic E-state index is 0.0224. The number of benzene rings is 1. The SMILES string of the molecule is COc1ccc(C(C)=O)c([N+](=O)[O-])c1Cl. The lowest BCUT2D eigenvalue weighted by Crippen LogP contribution is -2.01. The van der Waals surface area contributed by atoms with Crippen LogP contribution in [-0.4, -0.2) is 17.8 Å². The summed E-state index contributed by atoms with van der Waals surface area (Å²) in [5.41, 5.74) is -0.436. The molecule has 0 spiro atoms. The van der Waals surface area contributed by atoms with Crippen LogP contribution in [-0.2, 0) is 0 Å². The van der Waals surface area contributed by atoms with E-state index in [-0.39, 0.29) is 16.3 Å². The van der Waals surface area contributed by atoms with Crippen molar-refractivity contribution in [3.63, 3.8) is 0 Å². The highest BCUT2D eigenvalue weighted by molar-refractivity contribution is 6.35. The number of Topliss-reactive ketones (excluding diaryl/α,β-unsaturated/α-hetero) is 1. The fourth-order valence-electron chi connectivity index (χ4n) is 1.17. The van der Waals surface area contributed by atoms with Crippen LogP contribution in [0.3, 0.4) is 0 Å². The van der Waals surface area contributed by atoms with Gasteiger partial charge in [-0.3, -0.25) is 14.9 Å². The van der Waals surface area contributed by atoms with Crippen molar-refractivity contribution >= 4 is 23.1 Å². The van der Waals surface area contributed by atoms with Crippen LogP contribution in [0.25, 0.3) is 0 Å². The summed E-state index contributed by atoms with van der Waals surface area (Å²) in [5.74, 6) is -0.236. The Labute approximate surface area is 90.8 Å². The fraction of sp³-hybridized carbons (Fsp3) is 0.222. The molecule has 0 heterocycles. The molecule has 80 valence electrons. The first-order chi connectivity index (χ1) is 6.99. The Morgan fingerprint density at radius 2 is 2.13 bits per heavy atom. The molecular weight excluding hydrogens is 222 g/mol. The number of methoxy groups -OCH3 is 1. The molecule has 1 rings (SSSR count). The quantitative estimate of drug-likeness (QED) is 0.454. The molecule has 0 amide bonds. The van der Waals surface area contributed by atoms with Crippen molar-refractivity contribution in [2.24, 2.45) is 0 Å². The summed E-state index contributed by atoms with van der Waals surface area (Å²) in [6.07, 6.45) is 0. The molecule has 0 aromatic heterocycles. The monoisotopic (exact) mass is 229 g/mol. The minimum atomic E-state index is -0.693. The van der Waals surface area contributed by atoms with Gasteiger partial charge in [0.2, 0.25) is 0 Å². The number of nitro groups is 1. The number of ether oxygens (including phenoxy) is 1. The highest BCUT2D eigenvalue weighted by atomic mass is 35.5. The molecule has 0 N–H and O–H groups in total. The third-order valence-electron chi connectivity index (χ3n) is 1.86. The van der Waals surface area contributed by atoms with Gasteiger partial charge in [0.05, 0.1) is 17.6 Å². The molecule has 6 heteroatoms. The van der Waals surface area contributed by atoms with Gasteiger partial charge in [0.1, 0.15) is 5.75 Å². The third-order valence-corrected chi connectivity index (χ3v) is 2.23. The number of hydrogen-bond acceptors (Lipinski definition) is 4. The molecule has 0 unspecified atom stereocenters. The van der Waals surface area contributed by atoms with Crippen LogP contribution in [0.5, 0.6) is 5.75 Å². The Morgan fingerprint density at radius 3 is 2.53 bits per heavy atom. The van der Waals surface area contributed by atoms with Gasteiger partial charge in [0.15, 0.2) is 10.8 Å². The lowest BCUT2D eigenvalue weighted by Gasteiger charge is -2.05. The molecule has 0 aliphatic heterocycles. The largest absolute Gasteiger partial charge is 0.495 e. The number of nitro benzene ring substituents is 1. The predicted octanol–water partition coefficient (Wildman–Crippen LogP) is 2.46. The number of halogens is 1. The second kappa shape index (κ2) is 4.27. The molecule has 5 nitrogen and oxygen atoms in total. The molecule has 0 aliphatic carbocycles. The molecule has 1 aromatic rings. The summed E-state index contributed by atoms with van der Waals surface area (Å²) in [4.78, 5) is 21.2. The standard InChI is InChI=1S/C9H8ClNO4/c1-5(12)6-3-4-7(15-2)8(10)9(6)11(13)14/h3-4H,1-2H3. The van der Waals surface area contributed by atoms with E-state index in [9.17, 15) is 14.9 Å². The first-order valence-electron chi connectivity index (χ1n) is 4.00. The van der Waals surface area contributed by atoms with E-state index in [4.69, 9.17) is 16.3 Å². The number of carbonyl (C=O) groups excluding carboxylic acids is 1. The zero-order valence-electron chi connectivity index (χ0n) is 8.11. The molecule has 0 atom stereocenters. The predicted molar refractivity (Wildman–Crippen MR) is 54.7 cm³/mol. The van der Waals surface area contributed by atoms with E-state index in [2.05, 4.69) is 0 Å². The molecule has 1 aromatic carbocycles. The number of hydrogen-bond donors (Lipinski definition) is 0. The van der Waals surface area contributed by atoms with Crippen LogP contribution in [0, 0.1) is 10.1 Å². The Kier molecular flexibility index (Phi) is 3.26. The third kappa shape index (κ3) is 2.07. The van der Waals surface area contributed by atoms with E-state index in [1.807, 2.05) is 0 Å². The lowest BCUT2D eigenvalue weighted by molar-refractivity contribution is -0.385. The highest BCUT2D eigenvalue weighted by Crippen LogP contribution is 2.36. The van der Waals surface area contributed by atoms with Crippen LogP contribution < -0.4 is 4.74 Å². The number of nitrogens with zero attached hydrogens (tertiary/aromatic N) is 1. The fourth-order valence-corrected chi connectivity index (χ4v) is 1.48. The number of carbonyl (C=O) groups is 1. The van der Waals surface area contributed by atoms with E-state index < -0.39 is 16.4 Å². The van der Waals surface area contributed by atoms with Gasteiger partial charge in [-0.05, 0) is 19.1 Å². The molecule has 0 bridgehead atoms. The maximum atomic E-state index is 11.1. The van der Waals surface area contributed by atoms with Crippen molar-refractivity contribution in [2.45, 2.75) is 6.92 Å². The maximum Gasteiger partial charge on any atom is 0.302 e. The molecule has 0 aliphatic rings. The van der Waals surface area contributed by atoms with E-state index in [1.165, 1.54) is 26.2 Å². The topological polar surface area (TPSA) is 69.4 Å². The van der Waals surface area contributed by atoms with Crippen molar-refractivity contribution in [3.8, 4) is 5.75 Å². The number of ketones is 1. The van der Waals surface area contributed by atoms with Gasteiger partial charge in [-0.15, -0.1) is 0 Å². The van der Waals surface area contributed by atoms with Crippen LogP contribution in [0.4, 0.5) is 5.69 Å². The van der Waals surface area contributed by atoms with Crippen molar-refractivity contribution in [2.75, 3.05) is 7.11 Å². The summed E-state index contributed by atoms with van der Waals surface area (Å²) in [7, 11) is 1.35. The van der Waals surface area contributed by atoms with Crippen molar-refractivity contribution in [1.29, 1.82) is 0 Å².